The maximum atomic E-state index is 5.92. The zero-order valence-corrected chi connectivity index (χ0v) is 8.08. The van der Waals surface area contributed by atoms with Gasteiger partial charge in [0.25, 0.3) is 0 Å². The van der Waals surface area contributed by atoms with Crippen molar-refractivity contribution in [3.63, 3.8) is 0 Å². The summed E-state index contributed by atoms with van der Waals surface area (Å²) < 4.78 is 4.98. The quantitative estimate of drug-likeness (QED) is 0.561. The van der Waals surface area contributed by atoms with Gasteiger partial charge in [0.2, 0.25) is 0 Å². The van der Waals surface area contributed by atoms with Gasteiger partial charge in [0.15, 0.2) is 0 Å². The van der Waals surface area contributed by atoms with Crippen LogP contribution in [0.2, 0.25) is 5.02 Å². The minimum Gasteiger partial charge on any atom is -0.383 e. The Hall–Kier alpha value is -0.680. The van der Waals surface area contributed by atoms with Gasteiger partial charge in [-0.05, 0) is 11.6 Å². The first-order chi connectivity index (χ1) is 6.29. The molecule has 0 aliphatic carbocycles. The molecule has 0 saturated heterocycles. The molecule has 0 spiro atoms. The largest absolute Gasteiger partial charge is 0.383 e. The highest BCUT2D eigenvalue weighted by Crippen LogP contribution is 2.20. The molecule has 1 heterocycles. The lowest BCUT2D eigenvalue weighted by atomic mass is 10.1. The van der Waals surface area contributed by atoms with Crippen LogP contribution >= 0.6 is 11.6 Å². The first kappa shape index (κ1) is 10.4. The van der Waals surface area contributed by atoms with Crippen molar-refractivity contribution in [1.29, 1.82) is 0 Å². The summed E-state index contributed by atoms with van der Waals surface area (Å²) in [7, 11) is 1.61. The molecule has 5 heteroatoms. The summed E-state index contributed by atoms with van der Waals surface area (Å²) in [6.45, 7) is 0.472. The molecular weight excluding hydrogens is 190 g/mol. The topological polar surface area (TPSA) is 60.2 Å². The molecule has 1 aromatic rings. The standard InChI is InChI=1S/C8H12ClN3O/c1-13-5-8(12-10)6-2-3-11-4-7(6)9/h2-4,8,12H,5,10H2,1H3. The molecule has 3 N–H and O–H groups in total. The second-order valence-electron chi connectivity index (χ2n) is 2.57. The average molecular weight is 202 g/mol. The first-order valence-electron chi connectivity index (χ1n) is 3.84. The van der Waals surface area contributed by atoms with Crippen LogP contribution in [0.1, 0.15) is 11.6 Å². The second-order valence-corrected chi connectivity index (χ2v) is 2.98. The van der Waals surface area contributed by atoms with Crippen molar-refractivity contribution in [1.82, 2.24) is 10.4 Å². The Kier molecular flexibility index (Phi) is 4.11. The van der Waals surface area contributed by atoms with Crippen LogP contribution in [0.25, 0.3) is 0 Å². The Morgan fingerprint density at radius 1 is 1.77 bits per heavy atom. The second kappa shape index (κ2) is 5.14. The molecule has 0 aliphatic heterocycles. The molecule has 0 aromatic carbocycles. The molecule has 1 rings (SSSR count). The van der Waals surface area contributed by atoms with E-state index in [2.05, 4.69) is 10.4 Å². The zero-order valence-electron chi connectivity index (χ0n) is 7.33. The summed E-state index contributed by atoms with van der Waals surface area (Å²) in [6, 6.07) is 1.71. The van der Waals surface area contributed by atoms with Crippen molar-refractivity contribution in [3.8, 4) is 0 Å². The van der Waals surface area contributed by atoms with Gasteiger partial charge in [-0.25, -0.2) is 0 Å². The number of aromatic nitrogens is 1. The first-order valence-corrected chi connectivity index (χ1v) is 4.22. The third kappa shape index (κ3) is 2.63. The average Bonchev–Trinajstić information content (AvgIpc) is 2.16. The highest BCUT2D eigenvalue weighted by molar-refractivity contribution is 6.31. The molecule has 0 amide bonds. The van der Waals surface area contributed by atoms with Gasteiger partial charge < -0.3 is 4.74 Å². The lowest BCUT2D eigenvalue weighted by Gasteiger charge is -2.15. The van der Waals surface area contributed by atoms with E-state index in [4.69, 9.17) is 22.2 Å². The number of ether oxygens (including phenoxy) is 1. The Balaban J connectivity index is 2.84. The molecule has 0 saturated carbocycles. The van der Waals surface area contributed by atoms with E-state index in [1.54, 1.807) is 19.5 Å². The molecular formula is C8H12ClN3O. The third-order valence-electron chi connectivity index (χ3n) is 1.71. The minimum atomic E-state index is -0.0968. The molecule has 0 fully saturated rings. The lowest BCUT2D eigenvalue weighted by molar-refractivity contribution is 0.167. The van der Waals surface area contributed by atoms with E-state index in [0.717, 1.165) is 5.56 Å². The Morgan fingerprint density at radius 3 is 3.08 bits per heavy atom. The van der Waals surface area contributed by atoms with Crippen molar-refractivity contribution in [2.24, 2.45) is 5.84 Å². The van der Waals surface area contributed by atoms with Crippen molar-refractivity contribution >= 4 is 11.6 Å². The number of halogens is 1. The fraction of sp³-hybridized carbons (Fsp3) is 0.375. The summed E-state index contributed by atoms with van der Waals surface area (Å²) in [5, 5.41) is 0.586. The summed E-state index contributed by atoms with van der Waals surface area (Å²) >= 11 is 5.92. The van der Waals surface area contributed by atoms with E-state index >= 15 is 0 Å². The van der Waals surface area contributed by atoms with Crippen LogP contribution in [0.3, 0.4) is 0 Å². The number of methoxy groups -OCH3 is 1. The molecule has 0 aliphatic rings. The molecule has 4 nitrogen and oxygen atoms in total. The number of nitrogens with zero attached hydrogens (tertiary/aromatic N) is 1. The van der Waals surface area contributed by atoms with Crippen LogP contribution in [-0.2, 0) is 4.74 Å². The van der Waals surface area contributed by atoms with Gasteiger partial charge in [-0.15, -0.1) is 0 Å². The van der Waals surface area contributed by atoms with Crippen molar-refractivity contribution < 1.29 is 4.74 Å². The number of hydrazine groups is 1. The fourth-order valence-corrected chi connectivity index (χ4v) is 1.31. The monoisotopic (exact) mass is 201 g/mol. The van der Waals surface area contributed by atoms with Gasteiger partial charge >= 0.3 is 0 Å². The fourth-order valence-electron chi connectivity index (χ4n) is 1.06. The summed E-state index contributed by atoms with van der Waals surface area (Å²) in [4.78, 5) is 3.88. The molecule has 72 valence electrons. The summed E-state index contributed by atoms with van der Waals surface area (Å²) in [5.41, 5.74) is 3.51. The highest BCUT2D eigenvalue weighted by Gasteiger charge is 2.12. The molecule has 13 heavy (non-hydrogen) atoms. The number of nitrogens with one attached hydrogen (secondary N) is 1. The number of hydrogen-bond donors (Lipinski definition) is 2. The van der Waals surface area contributed by atoms with E-state index in [9.17, 15) is 0 Å². The van der Waals surface area contributed by atoms with Crippen LogP contribution in [0.5, 0.6) is 0 Å². The highest BCUT2D eigenvalue weighted by atomic mass is 35.5. The number of pyridine rings is 1. The van der Waals surface area contributed by atoms with Crippen molar-refractivity contribution in [3.05, 3.63) is 29.0 Å². The van der Waals surface area contributed by atoms with Crippen LogP contribution < -0.4 is 11.3 Å². The predicted octanol–water partition coefficient (Wildman–Crippen LogP) is 0.886. The van der Waals surface area contributed by atoms with E-state index in [0.29, 0.717) is 11.6 Å². The molecule has 0 radical (unpaired) electrons. The number of hydrogen-bond acceptors (Lipinski definition) is 4. The van der Waals surface area contributed by atoms with Crippen molar-refractivity contribution in [2.75, 3.05) is 13.7 Å². The van der Waals surface area contributed by atoms with Gasteiger partial charge in [-0.2, -0.15) is 0 Å². The Labute approximate surface area is 82.0 Å². The minimum absolute atomic E-state index is 0.0968. The van der Waals surface area contributed by atoms with Gasteiger partial charge in [-0.3, -0.25) is 16.3 Å². The molecule has 1 aromatic heterocycles. The van der Waals surface area contributed by atoms with Gasteiger partial charge in [0.1, 0.15) is 0 Å². The van der Waals surface area contributed by atoms with Crippen LogP contribution in [0, 0.1) is 0 Å². The van der Waals surface area contributed by atoms with E-state index in [-0.39, 0.29) is 6.04 Å². The maximum absolute atomic E-state index is 5.92. The maximum Gasteiger partial charge on any atom is 0.0709 e. The smallest absolute Gasteiger partial charge is 0.0709 e. The van der Waals surface area contributed by atoms with Gasteiger partial charge in [0, 0.05) is 19.5 Å². The summed E-state index contributed by atoms with van der Waals surface area (Å²) in [5.74, 6) is 5.35. The Bertz CT molecular complexity index is 269. The number of rotatable bonds is 4. The van der Waals surface area contributed by atoms with Crippen LogP contribution in [0.4, 0.5) is 0 Å². The van der Waals surface area contributed by atoms with Crippen LogP contribution in [-0.4, -0.2) is 18.7 Å². The molecule has 1 atom stereocenters. The molecule has 1 unspecified atom stereocenters. The van der Waals surface area contributed by atoms with E-state index in [1.807, 2.05) is 6.07 Å². The Morgan fingerprint density at radius 2 is 2.54 bits per heavy atom. The van der Waals surface area contributed by atoms with Gasteiger partial charge in [0.05, 0.1) is 17.7 Å². The van der Waals surface area contributed by atoms with E-state index in [1.165, 1.54) is 0 Å². The van der Waals surface area contributed by atoms with E-state index < -0.39 is 0 Å². The van der Waals surface area contributed by atoms with Crippen molar-refractivity contribution in [2.45, 2.75) is 6.04 Å². The third-order valence-corrected chi connectivity index (χ3v) is 2.03. The van der Waals surface area contributed by atoms with Gasteiger partial charge in [-0.1, -0.05) is 11.6 Å². The SMILES string of the molecule is COCC(NN)c1ccncc1Cl. The molecule has 0 bridgehead atoms. The van der Waals surface area contributed by atoms with Crippen LogP contribution in [0.15, 0.2) is 18.5 Å². The normalized spacial score (nSPS) is 12.8. The zero-order chi connectivity index (χ0) is 9.68. The summed E-state index contributed by atoms with van der Waals surface area (Å²) in [6.07, 6.45) is 3.25. The number of nitrogens with two attached hydrogens (primary N) is 1. The predicted molar refractivity (Wildman–Crippen MR) is 51.2 cm³/mol. The lowest BCUT2D eigenvalue weighted by Crippen LogP contribution is -2.31.